The molecule has 0 spiro atoms. The normalized spacial score (nSPS) is 10.8. The Morgan fingerprint density at radius 3 is 2.61 bits per heavy atom. The summed E-state index contributed by atoms with van der Waals surface area (Å²) in [5.74, 6) is 0.471. The highest BCUT2D eigenvalue weighted by molar-refractivity contribution is 7.15. The SMILES string of the molecule is CCc1ccccc1OCC(=O)Nc1nc2scc(-c3ccc(NC(C)=O)cc3)n2n1. The zero-order valence-electron chi connectivity index (χ0n) is 17.1. The summed E-state index contributed by atoms with van der Waals surface area (Å²) in [6.45, 7) is 3.38. The molecule has 0 aliphatic rings. The molecule has 31 heavy (non-hydrogen) atoms. The maximum Gasteiger partial charge on any atom is 0.264 e. The summed E-state index contributed by atoms with van der Waals surface area (Å²) in [6, 6.07) is 15.1. The van der Waals surface area contributed by atoms with E-state index in [-0.39, 0.29) is 24.4 Å². The number of amides is 2. The summed E-state index contributed by atoms with van der Waals surface area (Å²) >= 11 is 1.42. The number of rotatable bonds is 7. The van der Waals surface area contributed by atoms with Crippen LogP contribution in [0.1, 0.15) is 19.4 Å². The quantitative estimate of drug-likeness (QED) is 0.457. The lowest BCUT2D eigenvalue weighted by Gasteiger charge is -2.09. The molecule has 0 fully saturated rings. The molecule has 0 saturated carbocycles. The number of benzene rings is 2. The predicted molar refractivity (Wildman–Crippen MR) is 121 cm³/mol. The first-order valence-electron chi connectivity index (χ1n) is 9.76. The van der Waals surface area contributed by atoms with Gasteiger partial charge >= 0.3 is 0 Å². The Hall–Kier alpha value is -3.72. The van der Waals surface area contributed by atoms with Crippen molar-refractivity contribution in [3.8, 4) is 17.0 Å². The fourth-order valence-electron chi connectivity index (χ4n) is 3.10. The van der Waals surface area contributed by atoms with Crippen LogP contribution in [-0.2, 0) is 16.0 Å². The van der Waals surface area contributed by atoms with E-state index in [0.29, 0.717) is 10.7 Å². The lowest BCUT2D eigenvalue weighted by Crippen LogP contribution is -2.21. The minimum atomic E-state index is -0.328. The standard InChI is InChI=1S/C22H21N5O3S/c1-3-15-6-4-5-7-19(15)30-12-20(29)24-21-25-22-27(26-21)18(13-31-22)16-8-10-17(11-9-16)23-14(2)28/h4-11,13H,3,12H2,1-2H3,(H,23,28)(H,24,26,29). The number of nitrogens with zero attached hydrogens (tertiary/aromatic N) is 3. The van der Waals surface area contributed by atoms with Gasteiger partial charge in [-0.1, -0.05) is 37.3 Å². The van der Waals surface area contributed by atoms with Crippen molar-refractivity contribution in [3.05, 3.63) is 59.5 Å². The van der Waals surface area contributed by atoms with E-state index >= 15 is 0 Å². The summed E-state index contributed by atoms with van der Waals surface area (Å²) in [6.07, 6.45) is 0.825. The molecule has 0 aliphatic carbocycles. The smallest absolute Gasteiger partial charge is 0.264 e. The second kappa shape index (κ2) is 8.97. The van der Waals surface area contributed by atoms with E-state index in [2.05, 4.69) is 20.7 Å². The first-order valence-corrected chi connectivity index (χ1v) is 10.6. The minimum absolute atomic E-state index is 0.121. The Morgan fingerprint density at radius 2 is 1.87 bits per heavy atom. The van der Waals surface area contributed by atoms with Crippen molar-refractivity contribution in [2.24, 2.45) is 0 Å². The molecule has 2 amide bonds. The van der Waals surface area contributed by atoms with E-state index in [1.165, 1.54) is 18.3 Å². The van der Waals surface area contributed by atoms with E-state index < -0.39 is 0 Å². The summed E-state index contributed by atoms with van der Waals surface area (Å²) in [5.41, 5.74) is 3.53. The molecule has 0 saturated heterocycles. The van der Waals surface area contributed by atoms with Gasteiger partial charge in [0.05, 0.1) is 5.69 Å². The Kier molecular flexibility index (Phi) is 5.94. The maximum absolute atomic E-state index is 12.3. The van der Waals surface area contributed by atoms with E-state index in [1.807, 2.05) is 60.8 Å². The Morgan fingerprint density at radius 1 is 1.10 bits per heavy atom. The minimum Gasteiger partial charge on any atom is -0.483 e. The van der Waals surface area contributed by atoms with Crippen molar-refractivity contribution in [2.45, 2.75) is 20.3 Å². The van der Waals surface area contributed by atoms with Crippen LogP contribution in [0.5, 0.6) is 5.75 Å². The lowest BCUT2D eigenvalue weighted by atomic mass is 10.1. The Labute approximate surface area is 182 Å². The second-order valence-electron chi connectivity index (χ2n) is 6.81. The number of para-hydroxylation sites is 1. The van der Waals surface area contributed by atoms with Crippen molar-refractivity contribution in [3.63, 3.8) is 0 Å². The molecule has 2 heterocycles. The third kappa shape index (κ3) is 4.72. The number of carbonyl (C=O) groups excluding carboxylic acids is 2. The lowest BCUT2D eigenvalue weighted by molar-refractivity contribution is -0.118. The topological polar surface area (TPSA) is 97.6 Å². The molecule has 2 aromatic heterocycles. The van der Waals surface area contributed by atoms with Gasteiger partial charge in [0, 0.05) is 23.6 Å². The largest absolute Gasteiger partial charge is 0.483 e. The maximum atomic E-state index is 12.3. The number of hydrogen-bond donors (Lipinski definition) is 2. The van der Waals surface area contributed by atoms with Gasteiger partial charge in [0.15, 0.2) is 6.61 Å². The highest BCUT2D eigenvalue weighted by Crippen LogP contribution is 2.27. The van der Waals surface area contributed by atoms with E-state index in [9.17, 15) is 9.59 Å². The van der Waals surface area contributed by atoms with Gasteiger partial charge in [-0.05, 0) is 30.2 Å². The molecule has 8 nitrogen and oxygen atoms in total. The molecule has 4 aromatic rings. The fourth-order valence-corrected chi connectivity index (χ4v) is 3.93. The molecule has 0 atom stereocenters. The number of fused-ring (bicyclic) bond motifs is 1. The monoisotopic (exact) mass is 435 g/mol. The molecular weight excluding hydrogens is 414 g/mol. The van der Waals surface area contributed by atoms with Crippen molar-refractivity contribution in [2.75, 3.05) is 17.2 Å². The molecule has 9 heteroatoms. The average Bonchev–Trinajstić information content (AvgIpc) is 3.33. The number of anilines is 2. The summed E-state index contributed by atoms with van der Waals surface area (Å²) < 4.78 is 7.33. The number of hydrogen-bond acceptors (Lipinski definition) is 6. The number of ether oxygens (including phenoxy) is 1. The van der Waals surface area contributed by atoms with Crippen LogP contribution in [0.4, 0.5) is 11.6 Å². The van der Waals surface area contributed by atoms with E-state index in [0.717, 1.165) is 28.9 Å². The molecular formula is C22H21N5O3S. The van der Waals surface area contributed by atoms with Crippen molar-refractivity contribution in [1.82, 2.24) is 14.6 Å². The fraction of sp³-hybridized carbons (Fsp3) is 0.182. The molecule has 2 aromatic carbocycles. The highest BCUT2D eigenvalue weighted by Gasteiger charge is 2.14. The second-order valence-corrected chi connectivity index (χ2v) is 7.64. The molecule has 158 valence electrons. The summed E-state index contributed by atoms with van der Waals surface area (Å²) in [7, 11) is 0. The molecule has 2 N–H and O–H groups in total. The van der Waals surface area contributed by atoms with Crippen LogP contribution in [0.2, 0.25) is 0 Å². The summed E-state index contributed by atoms with van der Waals surface area (Å²) in [5, 5.41) is 11.8. The van der Waals surface area contributed by atoms with Crippen LogP contribution < -0.4 is 15.4 Å². The van der Waals surface area contributed by atoms with E-state index in [1.54, 1.807) is 4.52 Å². The molecule has 0 bridgehead atoms. The van der Waals surface area contributed by atoms with Gasteiger partial charge in [0.25, 0.3) is 11.9 Å². The number of carbonyl (C=O) groups is 2. The zero-order chi connectivity index (χ0) is 21.8. The number of aryl methyl sites for hydroxylation is 1. The predicted octanol–water partition coefficient (Wildman–Crippen LogP) is 4.00. The van der Waals surface area contributed by atoms with Crippen LogP contribution in [0.15, 0.2) is 53.9 Å². The van der Waals surface area contributed by atoms with Crippen molar-refractivity contribution >= 4 is 39.7 Å². The molecule has 0 unspecified atom stereocenters. The first kappa shape index (κ1) is 20.5. The van der Waals surface area contributed by atoms with Gasteiger partial charge in [-0.3, -0.25) is 14.9 Å². The highest BCUT2D eigenvalue weighted by atomic mass is 32.1. The van der Waals surface area contributed by atoms with Gasteiger partial charge in [-0.15, -0.1) is 16.4 Å². The Bertz CT molecular complexity index is 1230. The van der Waals surface area contributed by atoms with Gasteiger partial charge in [0.1, 0.15) is 5.75 Å². The summed E-state index contributed by atoms with van der Waals surface area (Å²) in [4.78, 5) is 28.5. The van der Waals surface area contributed by atoms with Gasteiger partial charge in [-0.2, -0.15) is 4.98 Å². The zero-order valence-corrected chi connectivity index (χ0v) is 17.9. The van der Waals surface area contributed by atoms with Gasteiger partial charge in [0.2, 0.25) is 10.9 Å². The number of nitrogens with one attached hydrogen (secondary N) is 2. The number of thiazole rings is 1. The molecule has 0 aliphatic heterocycles. The first-order chi connectivity index (χ1) is 15.0. The van der Waals surface area contributed by atoms with Crippen molar-refractivity contribution in [1.29, 1.82) is 0 Å². The average molecular weight is 436 g/mol. The molecule has 0 radical (unpaired) electrons. The van der Waals surface area contributed by atoms with Gasteiger partial charge < -0.3 is 10.1 Å². The van der Waals surface area contributed by atoms with E-state index in [4.69, 9.17) is 4.74 Å². The Balaban J connectivity index is 1.44. The number of aromatic nitrogens is 3. The van der Waals surface area contributed by atoms with Crippen LogP contribution in [0.25, 0.3) is 16.2 Å². The van der Waals surface area contributed by atoms with Crippen LogP contribution in [0, 0.1) is 0 Å². The van der Waals surface area contributed by atoms with Crippen LogP contribution >= 0.6 is 11.3 Å². The van der Waals surface area contributed by atoms with Crippen molar-refractivity contribution < 1.29 is 14.3 Å². The third-order valence-corrected chi connectivity index (χ3v) is 5.36. The molecule has 4 rings (SSSR count). The van der Waals surface area contributed by atoms with Crippen LogP contribution in [0.3, 0.4) is 0 Å². The third-order valence-electron chi connectivity index (χ3n) is 4.55. The van der Waals surface area contributed by atoms with Gasteiger partial charge in [-0.25, -0.2) is 4.52 Å². The van der Waals surface area contributed by atoms with Crippen LogP contribution in [-0.4, -0.2) is 33.0 Å².